The first-order valence-corrected chi connectivity index (χ1v) is 5.63. The molecule has 1 aromatic rings. The summed E-state index contributed by atoms with van der Waals surface area (Å²) < 4.78 is 0. The van der Waals surface area contributed by atoms with Crippen molar-refractivity contribution in [2.45, 2.75) is 33.2 Å². The molecule has 0 aromatic heterocycles. The Balaban J connectivity index is 2.77. The van der Waals surface area contributed by atoms with Crippen molar-refractivity contribution in [3.63, 3.8) is 0 Å². The number of benzene rings is 1. The second kappa shape index (κ2) is 5.08. The van der Waals surface area contributed by atoms with Gasteiger partial charge in [0.25, 0.3) is 0 Å². The van der Waals surface area contributed by atoms with Gasteiger partial charge in [-0.2, -0.15) is 0 Å². The summed E-state index contributed by atoms with van der Waals surface area (Å²) in [4.78, 5) is 22.6. The van der Waals surface area contributed by atoms with E-state index >= 15 is 0 Å². The zero-order valence-corrected chi connectivity index (χ0v) is 11.0. The molecule has 0 aliphatic rings. The van der Waals surface area contributed by atoms with E-state index in [0.717, 1.165) is 11.1 Å². The van der Waals surface area contributed by atoms with Crippen LogP contribution in [0.5, 0.6) is 0 Å². The Morgan fingerprint density at radius 1 is 1.22 bits per heavy atom. The molecule has 18 heavy (non-hydrogen) atoms. The van der Waals surface area contributed by atoms with Crippen molar-refractivity contribution in [3.8, 4) is 0 Å². The Labute approximate surface area is 106 Å². The third-order valence-corrected chi connectivity index (χ3v) is 2.81. The van der Waals surface area contributed by atoms with Crippen LogP contribution in [0, 0.1) is 13.8 Å². The van der Waals surface area contributed by atoms with Crippen LogP contribution < -0.4 is 10.6 Å². The molecule has 0 aliphatic heterocycles. The lowest BCUT2D eigenvalue weighted by Gasteiger charge is -2.21. The van der Waals surface area contributed by atoms with Gasteiger partial charge in [-0.1, -0.05) is 12.1 Å². The van der Waals surface area contributed by atoms with Crippen LogP contribution >= 0.6 is 0 Å². The molecule has 0 atom stereocenters. The number of hydrogen-bond acceptors (Lipinski definition) is 2. The van der Waals surface area contributed by atoms with Crippen LogP contribution in [0.2, 0.25) is 0 Å². The zero-order chi connectivity index (χ0) is 13.9. The Morgan fingerprint density at radius 2 is 1.83 bits per heavy atom. The number of amides is 2. The first kappa shape index (κ1) is 14.0. The van der Waals surface area contributed by atoms with Crippen molar-refractivity contribution in [1.82, 2.24) is 5.32 Å². The van der Waals surface area contributed by atoms with Gasteiger partial charge in [0.1, 0.15) is 5.54 Å². The highest BCUT2D eigenvalue weighted by Crippen LogP contribution is 2.18. The van der Waals surface area contributed by atoms with Gasteiger partial charge in [-0.05, 0) is 44.9 Å². The number of nitrogens with one attached hydrogen (secondary N) is 2. The number of aliphatic carboxylic acids is 1. The maximum Gasteiger partial charge on any atom is 0.328 e. The predicted molar refractivity (Wildman–Crippen MR) is 69.8 cm³/mol. The van der Waals surface area contributed by atoms with Crippen molar-refractivity contribution in [1.29, 1.82) is 0 Å². The summed E-state index contributed by atoms with van der Waals surface area (Å²) in [6.45, 7) is 6.70. The number of rotatable bonds is 3. The minimum absolute atomic E-state index is 0.531. The minimum atomic E-state index is -1.30. The summed E-state index contributed by atoms with van der Waals surface area (Å²) in [5.74, 6) is -1.08. The first-order valence-electron chi connectivity index (χ1n) is 5.63. The first-order chi connectivity index (χ1) is 8.24. The van der Waals surface area contributed by atoms with Crippen molar-refractivity contribution >= 4 is 17.7 Å². The third-order valence-electron chi connectivity index (χ3n) is 2.81. The van der Waals surface area contributed by atoms with Gasteiger partial charge in [0.15, 0.2) is 0 Å². The van der Waals surface area contributed by atoms with Crippen LogP contribution in [0.15, 0.2) is 18.2 Å². The molecular weight excluding hydrogens is 232 g/mol. The maximum absolute atomic E-state index is 11.7. The monoisotopic (exact) mass is 250 g/mol. The van der Waals surface area contributed by atoms with Gasteiger partial charge in [0.2, 0.25) is 0 Å². The van der Waals surface area contributed by atoms with Crippen molar-refractivity contribution in [3.05, 3.63) is 29.3 Å². The van der Waals surface area contributed by atoms with Crippen LogP contribution in [-0.4, -0.2) is 22.6 Å². The Kier molecular flexibility index (Phi) is 3.96. The molecule has 1 rings (SSSR count). The number of aryl methyl sites for hydroxylation is 1. The maximum atomic E-state index is 11.7. The van der Waals surface area contributed by atoms with Crippen LogP contribution in [0.4, 0.5) is 10.5 Å². The Morgan fingerprint density at radius 3 is 2.39 bits per heavy atom. The number of anilines is 1. The number of carbonyl (C=O) groups is 2. The molecule has 0 aliphatic carbocycles. The molecule has 0 unspecified atom stereocenters. The quantitative estimate of drug-likeness (QED) is 0.770. The van der Waals surface area contributed by atoms with E-state index in [-0.39, 0.29) is 0 Å². The average Bonchev–Trinajstić information content (AvgIpc) is 2.23. The molecule has 3 N–H and O–H groups in total. The number of carboxylic acid groups (broad SMARTS) is 1. The molecule has 0 saturated heterocycles. The van der Waals surface area contributed by atoms with Gasteiger partial charge in [0.05, 0.1) is 0 Å². The van der Waals surface area contributed by atoms with E-state index in [2.05, 4.69) is 10.6 Å². The van der Waals surface area contributed by atoms with Crippen molar-refractivity contribution in [2.24, 2.45) is 0 Å². The van der Waals surface area contributed by atoms with Gasteiger partial charge in [-0.15, -0.1) is 0 Å². The molecule has 0 heterocycles. The summed E-state index contributed by atoms with van der Waals surface area (Å²) >= 11 is 0. The number of carboxylic acids is 1. The highest BCUT2D eigenvalue weighted by Gasteiger charge is 2.28. The molecule has 5 nitrogen and oxygen atoms in total. The fraction of sp³-hybridized carbons (Fsp3) is 0.385. The van der Waals surface area contributed by atoms with E-state index in [0.29, 0.717) is 5.69 Å². The van der Waals surface area contributed by atoms with E-state index in [1.165, 1.54) is 13.8 Å². The van der Waals surface area contributed by atoms with Gasteiger partial charge >= 0.3 is 12.0 Å². The molecule has 0 fully saturated rings. The van der Waals surface area contributed by atoms with Gasteiger partial charge in [-0.3, -0.25) is 0 Å². The van der Waals surface area contributed by atoms with E-state index < -0.39 is 17.5 Å². The number of carbonyl (C=O) groups excluding carboxylic acids is 1. The number of hydrogen-bond donors (Lipinski definition) is 3. The summed E-state index contributed by atoms with van der Waals surface area (Å²) in [7, 11) is 0. The minimum Gasteiger partial charge on any atom is -0.480 e. The predicted octanol–water partition coefficient (Wildman–Crippen LogP) is 2.29. The molecule has 1 aromatic carbocycles. The molecule has 98 valence electrons. The topological polar surface area (TPSA) is 78.4 Å². The molecule has 0 saturated carbocycles. The summed E-state index contributed by atoms with van der Waals surface area (Å²) in [5.41, 5.74) is 1.39. The summed E-state index contributed by atoms with van der Waals surface area (Å²) in [5, 5.41) is 14.0. The smallest absolute Gasteiger partial charge is 0.328 e. The number of urea groups is 1. The van der Waals surface area contributed by atoms with Crippen LogP contribution in [-0.2, 0) is 4.79 Å². The van der Waals surface area contributed by atoms with Gasteiger partial charge in [-0.25, -0.2) is 9.59 Å². The lowest BCUT2D eigenvalue weighted by molar-refractivity contribution is -0.142. The molecule has 0 spiro atoms. The van der Waals surface area contributed by atoms with Crippen molar-refractivity contribution < 1.29 is 14.7 Å². The Hall–Kier alpha value is -2.04. The van der Waals surface area contributed by atoms with Crippen LogP contribution in [0.3, 0.4) is 0 Å². The molecule has 2 amide bonds. The summed E-state index contributed by atoms with van der Waals surface area (Å²) in [6, 6.07) is 5.02. The lowest BCUT2D eigenvalue weighted by atomic mass is 10.1. The standard InChI is InChI=1S/C13H18N2O3/c1-8-6-5-7-10(9(8)2)14-12(18)15-13(3,4)11(16)17/h5-7H,1-4H3,(H,16,17)(H2,14,15,18). The van der Waals surface area contributed by atoms with Crippen LogP contribution in [0.25, 0.3) is 0 Å². The van der Waals surface area contributed by atoms with E-state index in [9.17, 15) is 9.59 Å². The Bertz CT molecular complexity index is 481. The van der Waals surface area contributed by atoms with Gasteiger partial charge in [0, 0.05) is 5.69 Å². The highest BCUT2D eigenvalue weighted by atomic mass is 16.4. The van der Waals surface area contributed by atoms with Crippen LogP contribution in [0.1, 0.15) is 25.0 Å². The molecule has 0 radical (unpaired) electrons. The largest absolute Gasteiger partial charge is 0.480 e. The SMILES string of the molecule is Cc1cccc(NC(=O)NC(C)(C)C(=O)O)c1C. The molecule has 0 bridgehead atoms. The second-order valence-electron chi connectivity index (χ2n) is 4.76. The zero-order valence-electron chi connectivity index (χ0n) is 11.0. The van der Waals surface area contributed by atoms with Gasteiger partial charge < -0.3 is 15.7 Å². The fourth-order valence-corrected chi connectivity index (χ4v) is 1.38. The lowest BCUT2D eigenvalue weighted by Crippen LogP contribution is -2.51. The fourth-order valence-electron chi connectivity index (χ4n) is 1.38. The molecule has 5 heteroatoms. The van der Waals surface area contributed by atoms with Crippen molar-refractivity contribution in [2.75, 3.05) is 5.32 Å². The van der Waals surface area contributed by atoms with E-state index in [1.807, 2.05) is 26.0 Å². The highest BCUT2D eigenvalue weighted by molar-refractivity contribution is 5.94. The summed E-state index contributed by atoms with van der Waals surface area (Å²) in [6.07, 6.45) is 0. The average molecular weight is 250 g/mol. The third kappa shape index (κ3) is 3.23. The van der Waals surface area contributed by atoms with E-state index in [1.54, 1.807) is 6.07 Å². The second-order valence-corrected chi connectivity index (χ2v) is 4.76. The van der Waals surface area contributed by atoms with E-state index in [4.69, 9.17) is 5.11 Å². The molecular formula is C13H18N2O3. The normalized spacial score (nSPS) is 10.9.